The zero-order valence-electron chi connectivity index (χ0n) is 12.4. The van der Waals surface area contributed by atoms with Gasteiger partial charge in [0.25, 0.3) is 0 Å². The molecule has 0 bridgehead atoms. The highest BCUT2D eigenvalue weighted by molar-refractivity contribution is 5.26. The van der Waals surface area contributed by atoms with Crippen LogP contribution in [0.2, 0.25) is 0 Å². The summed E-state index contributed by atoms with van der Waals surface area (Å²) in [4.78, 5) is 2.44. The summed E-state index contributed by atoms with van der Waals surface area (Å²) in [7, 11) is 0. The Balaban J connectivity index is 1.92. The van der Waals surface area contributed by atoms with Gasteiger partial charge in [-0.05, 0) is 37.1 Å². The van der Waals surface area contributed by atoms with Gasteiger partial charge in [-0.25, -0.2) is 0 Å². The predicted molar refractivity (Wildman–Crippen MR) is 86.0 cm³/mol. The number of aliphatic hydroxyl groups excluding tert-OH is 1. The second kappa shape index (κ2) is 6.88. The Labute approximate surface area is 127 Å². The third-order valence-electron chi connectivity index (χ3n) is 4.37. The smallest absolute Gasteiger partial charge is 0.0986 e. The van der Waals surface area contributed by atoms with Gasteiger partial charge in [0.1, 0.15) is 0 Å². The molecule has 0 aromatic heterocycles. The molecule has 0 spiro atoms. The lowest BCUT2D eigenvalue weighted by Crippen LogP contribution is -2.36. The average Bonchev–Trinajstić information content (AvgIpc) is 2.58. The summed E-state index contributed by atoms with van der Waals surface area (Å²) in [6.45, 7) is 2.15. The molecule has 0 unspecified atom stereocenters. The molecule has 1 fully saturated rings. The van der Waals surface area contributed by atoms with Crippen molar-refractivity contribution in [3.8, 4) is 0 Å². The summed E-state index contributed by atoms with van der Waals surface area (Å²) < 4.78 is 0. The fraction of sp³-hybridized carbons (Fsp3) is 0.368. The first-order chi connectivity index (χ1) is 10.4. The summed E-state index contributed by atoms with van der Waals surface area (Å²) in [6.07, 6.45) is 3.28. The lowest BCUT2D eigenvalue weighted by Gasteiger charge is -2.37. The topological polar surface area (TPSA) is 23.5 Å². The van der Waals surface area contributed by atoms with E-state index in [0.717, 1.165) is 18.7 Å². The van der Waals surface area contributed by atoms with E-state index in [1.165, 1.54) is 24.8 Å². The predicted octanol–water partition coefficient (Wildman–Crippen LogP) is 3.95. The van der Waals surface area contributed by atoms with Crippen LogP contribution in [0.15, 0.2) is 60.7 Å². The van der Waals surface area contributed by atoms with Crippen molar-refractivity contribution in [3.63, 3.8) is 0 Å². The van der Waals surface area contributed by atoms with E-state index >= 15 is 0 Å². The molecule has 2 aromatic rings. The van der Waals surface area contributed by atoms with Crippen LogP contribution in [0.1, 0.15) is 42.5 Å². The minimum Gasteiger partial charge on any atom is -0.386 e. The Hall–Kier alpha value is -1.64. The largest absolute Gasteiger partial charge is 0.386 e. The minimum atomic E-state index is -0.480. The number of rotatable bonds is 4. The maximum atomic E-state index is 10.9. The van der Waals surface area contributed by atoms with Gasteiger partial charge < -0.3 is 5.11 Å². The quantitative estimate of drug-likeness (QED) is 0.917. The highest BCUT2D eigenvalue weighted by Gasteiger charge is 2.29. The lowest BCUT2D eigenvalue weighted by molar-refractivity contribution is 0.0362. The van der Waals surface area contributed by atoms with E-state index in [2.05, 4.69) is 29.2 Å². The molecule has 2 aromatic carbocycles. The van der Waals surface area contributed by atoms with Crippen molar-refractivity contribution in [1.29, 1.82) is 0 Å². The molecule has 1 heterocycles. The van der Waals surface area contributed by atoms with E-state index in [-0.39, 0.29) is 6.04 Å². The Morgan fingerprint density at radius 3 is 1.81 bits per heavy atom. The van der Waals surface area contributed by atoms with E-state index < -0.39 is 6.10 Å². The second-order valence-electron chi connectivity index (χ2n) is 5.81. The highest BCUT2D eigenvalue weighted by atomic mass is 16.3. The summed E-state index contributed by atoms with van der Waals surface area (Å²) in [5.41, 5.74) is 2.20. The fourth-order valence-corrected chi connectivity index (χ4v) is 3.27. The zero-order chi connectivity index (χ0) is 14.5. The molecule has 1 N–H and O–H groups in total. The van der Waals surface area contributed by atoms with Gasteiger partial charge in [-0.3, -0.25) is 4.90 Å². The molecule has 1 saturated heterocycles. The third-order valence-corrected chi connectivity index (χ3v) is 4.37. The first kappa shape index (κ1) is 14.3. The first-order valence-electron chi connectivity index (χ1n) is 7.88. The molecule has 1 aliphatic heterocycles. The van der Waals surface area contributed by atoms with E-state index in [1.54, 1.807) is 0 Å². The van der Waals surface area contributed by atoms with Crippen molar-refractivity contribution >= 4 is 0 Å². The van der Waals surface area contributed by atoms with Gasteiger partial charge in [0.2, 0.25) is 0 Å². The molecule has 110 valence electrons. The van der Waals surface area contributed by atoms with Crippen molar-refractivity contribution in [2.24, 2.45) is 0 Å². The van der Waals surface area contributed by atoms with Crippen molar-refractivity contribution in [1.82, 2.24) is 4.90 Å². The van der Waals surface area contributed by atoms with Crippen LogP contribution in [0.3, 0.4) is 0 Å². The van der Waals surface area contributed by atoms with E-state index in [9.17, 15) is 5.11 Å². The number of hydrogen-bond acceptors (Lipinski definition) is 2. The fourth-order valence-electron chi connectivity index (χ4n) is 3.27. The molecule has 3 rings (SSSR count). The molecule has 0 aliphatic carbocycles. The minimum absolute atomic E-state index is 0.0499. The third kappa shape index (κ3) is 3.34. The number of aliphatic hydroxyl groups is 1. The van der Waals surface area contributed by atoms with Crippen molar-refractivity contribution < 1.29 is 5.11 Å². The molecule has 21 heavy (non-hydrogen) atoms. The van der Waals surface area contributed by atoms with Crippen molar-refractivity contribution in [3.05, 3.63) is 71.8 Å². The van der Waals surface area contributed by atoms with Gasteiger partial charge in [0, 0.05) is 0 Å². The summed E-state index contributed by atoms with van der Waals surface area (Å²) >= 11 is 0. The van der Waals surface area contributed by atoms with Crippen LogP contribution < -0.4 is 0 Å². The van der Waals surface area contributed by atoms with Crippen LogP contribution in [-0.4, -0.2) is 23.1 Å². The van der Waals surface area contributed by atoms with E-state index in [0.29, 0.717) is 0 Å². The standard InChI is InChI=1S/C19H23NO/c21-19(17-12-6-2-7-13-17)18(16-10-4-1-5-11-16)20-14-8-3-9-15-20/h1-2,4-7,10-13,18-19,21H,3,8-9,14-15H2/t18-,19-/m1/s1. The first-order valence-corrected chi connectivity index (χ1v) is 7.88. The number of nitrogens with zero attached hydrogens (tertiary/aromatic N) is 1. The van der Waals surface area contributed by atoms with Crippen LogP contribution in [0.25, 0.3) is 0 Å². The average molecular weight is 281 g/mol. The van der Waals surface area contributed by atoms with E-state index in [4.69, 9.17) is 0 Å². The van der Waals surface area contributed by atoms with Gasteiger partial charge in [0.05, 0.1) is 12.1 Å². The van der Waals surface area contributed by atoms with Gasteiger partial charge in [-0.15, -0.1) is 0 Å². The van der Waals surface area contributed by atoms with Crippen LogP contribution in [0.4, 0.5) is 0 Å². The molecule has 0 amide bonds. The van der Waals surface area contributed by atoms with Crippen LogP contribution in [0.5, 0.6) is 0 Å². The maximum absolute atomic E-state index is 10.9. The Morgan fingerprint density at radius 2 is 1.24 bits per heavy atom. The molecule has 2 atom stereocenters. The Kier molecular flexibility index (Phi) is 4.69. The van der Waals surface area contributed by atoms with Gasteiger partial charge in [0.15, 0.2) is 0 Å². The molecular formula is C19H23NO. The summed E-state index contributed by atoms with van der Waals surface area (Å²) in [5, 5.41) is 10.9. The molecule has 0 saturated carbocycles. The van der Waals surface area contributed by atoms with Gasteiger partial charge in [-0.2, -0.15) is 0 Å². The molecule has 2 heteroatoms. The number of benzene rings is 2. The van der Waals surface area contributed by atoms with E-state index in [1.807, 2.05) is 36.4 Å². The van der Waals surface area contributed by atoms with Crippen molar-refractivity contribution in [2.45, 2.75) is 31.4 Å². The normalized spacial score (nSPS) is 19.1. The zero-order valence-corrected chi connectivity index (χ0v) is 12.4. The summed E-state index contributed by atoms with van der Waals surface area (Å²) in [6, 6.07) is 20.5. The summed E-state index contributed by atoms with van der Waals surface area (Å²) in [5.74, 6) is 0. The van der Waals surface area contributed by atoms with Crippen molar-refractivity contribution in [2.75, 3.05) is 13.1 Å². The Bertz CT molecular complexity index is 534. The number of likely N-dealkylation sites (tertiary alicyclic amines) is 1. The molecular weight excluding hydrogens is 258 g/mol. The Morgan fingerprint density at radius 1 is 0.714 bits per heavy atom. The number of piperidine rings is 1. The SMILES string of the molecule is O[C@H](c1ccccc1)[C@@H](c1ccccc1)N1CCCCC1. The van der Waals surface area contributed by atoms with Crippen LogP contribution >= 0.6 is 0 Å². The van der Waals surface area contributed by atoms with Crippen LogP contribution in [0, 0.1) is 0 Å². The monoisotopic (exact) mass is 281 g/mol. The van der Waals surface area contributed by atoms with Crippen LogP contribution in [-0.2, 0) is 0 Å². The molecule has 0 radical (unpaired) electrons. The molecule has 1 aliphatic rings. The van der Waals surface area contributed by atoms with Gasteiger partial charge >= 0.3 is 0 Å². The maximum Gasteiger partial charge on any atom is 0.0986 e. The molecule has 2 nitrogen and oxygen atoms in total. The lowest BCUT2D eigenvalue weighted by atomic mass is 9.93. The number of hydrogen-bond donors (Lipinski definition) is 1. The van der Waals surface area contributed by atoms with Gasteiger partial charge in [-0.1, -0.05) is 67.1 Å². The second-order valence-corrected chi connectivity index (χ2v) is 5.81. The highest BCUT2D eigenvalue weighted by Crippen LogP contribution is 2.35.